The number of nitro groups is 1. The van der Waals surface area contributed by atoms with Crippen molar-refractivity contribution in [2.45, 2.75) is 25.7 Å². The van der Waals surface area contributed by atoms with Crippen LogP contribution in [0.5, 0.6) is 0 Å². The lowest BCUT2D eigenvalue weighted by Crippen LogP contribution is -2.07. The molecule has 7 heteroatoms. The summed E-state index contributed by atoms with van der Waals surface area (Å²) in [6, 6.07) is 10.8. The molecule has 1 aromatic carbocycles. The summed E-state index contributed by atoms with van der Waals surface area (Å²) >= 11 is 1.74. The molecule has 0 fully saturated rings. The van der Waals surface area contributed by atoms with E-state index in [-0.39, 0.29) is 10.6 Å². The second kappa shape index (κ2) is 6.68. The van der Waals surface area contributed by atoms with Gasteiger partial charge in [-0.2, -0.15) is 5.10 Å². The van der Waals surface area contributed by atoms with Crippen LogP contribution in [-0.2, 0) is 12.8 Å². The molecule has 2 aromatic heterocycles. The molecule has 25 heavy (non-hydrogen) atoms. The van der Waals surface area contributed by atoms with Crippen molar-refractivity contribution in [1.29, 1.82) is 0 Å². The van der Waals surface area contributed by atoms with E-state index in [0.717, 1.165) is 49.4 Å². The molecule has 128 valence electrons. The molecule has 1 aliphatic heterocycles. The monoisotopic (exact) mass is 354 g/mol. The third kappa shape index (κ3) is 3.15. The van der Waals surface area contributed by atoms with Crippen molar-refractivity contribution in [3.63, 3.8) is 0 Å². The zero-order valence-electron chi connectivity index (χ0n) is 13.6. The molecular formula is C18H18N4O2S. The SMILES string of the molecule is O=[N+]([O-])c1ccc(-n2nc(Cc3cccs3)c3c2NCCCC3)cc1. The summed E-state index contributed by atoms with van der Waals surface area (Å²) in [5.41, 5.74) is 3.29. The first-order chi connectivity index (χ1) is 12.2. The number of thiophene rings is 1. The van der Waals surface area contributed by atoms with Crippen molar-refractivity contribution in [3.8, 4) is 5.69 Å². The first-order valence-electron chi connectivity index (χ1n) is 8.34. The summed E-state index contributed by atoms with van der Waals surface area (Å²) in [4.78, 5) is 11.8. The molecule has 0 aliphatic carbocycles. The fraction of sp³-hybridized carbons (Fsp3) is 0.278. The maximum atomic E-state index is 10.9. The van der Waals surface area contributed by atoms with Crippen LogP contribution in [0.15, 0.2) is 41.8 Å². The highest BCUT2D eigenvalue weighted by atomic mass is 32.1. The zero-order chi connectivity index (χ0) is 17.2. The first kappa shape index (κ1) is 15.8. The van der Waals surface area contributed by atoms with Crippen LogP contribution >= 0.6 is 11.3 Å². The lowest BCUT2D eigenvalue weighted by atomic mass is 10.1. The van der Waals surface area contributed by atoms with E-state index >= 15 is 0 Å². The molecule has 0 saturated carbocycles. The van der Waals surface area contributed by atoms with E-state index in [1.807, 2.05) is 4.68 Å². The summed E-state index contributed by atoms with van der Waals surface area (Å²) in [6.07, 6.45) is 4.11. The minimum absolute atomic E-state index is 0.0914. The molecule has 1 aliphatic rings. The fourth-order valence-corrected chi connectivity index (χ4v) is 3.91. The smallest absolute Gasteiger partial charge is 0.269 e. The van der Waals surface area contributed by atoms with Crippen LogP contribution in [0, 0.1) is 10.1 Å². The molecule has 3 aromatic rings. The van der Waals surface area contributed by atoms with Crippen LogP contribution in [0.2, 0.25) is 0 Å². The topological polar surface area (TPSA) is 73.0 Å². The third-order valence-corrected chi connectivity index (χ3v) is 5.32. The molecule has 0 radical (unpaired) electrons. The Kier molecular flexibility index (Phi) is 4.23. The van der Waals surface area contributed by atoms with Gasteiger partial charge in [0.25, 0.3) is 5.69 Å². The molecule has 4 rings (SSSR count). The van der Waals surface area contributed by atoms with Gasteiger partial charge in [-0.25, -0.2) is 4.68 Å². The second-order valence-corrected chi connectivity index (χ2v) is 7.13. The highest BCUT2D eigenvalue weighted by molar-refractivity contribution is 7.09. The average molecular weight is 354 g/mol. The van der Waals surface area contributed by atoms with E-state index in [9.17, 15) is 10.1 Å². The number of anilines is 1. The molecule has 0 saturated heterocycles. The summed E-state index contributed by atoms with van der Waals surface area (Å²) in [5.74, 6) is 1.03. The lowest BCUT2D eigenvalue weighted by molar-refractivity contribution is -0.384. The Morgan fingerprint density at radius 2 is 2.08 bits per heavy atom. The van der Waals surface area contributed by atoms with Gasteiger partial charge in [0.2, 0.25) is 0 Å². The molecule has 0 bridgehead atoms. The van der Waals surface area contributed by atoms with Crippen molar-refractivity contribution in [3.05, 3.63) is 68.0 Å². The van der Waals surface area contributed by atoms with Gasteiger partial charge in [-0.05, 0) is 42.8 Å². The van der Waals surface area contributed by atoms with E-state index in [2.05, 4.69) is 22.8 Å². The van der Waals surface area contributed by atoms with Crippen molar-refractivity contribution in [2.24, 2.45) is 0 Å². The highest BCUT2D eigenvalue weighted by Crippen LogP contribution is 2.30. The quantitative estimate of drug-likeness (QED) is 0.563. The highest BCUT2D eigenvalue weighted by Gasteiger charge is 2.21. The molecule has 6 nitrogen and oxygen atoms in total. The summed E-state index contributed by atoms with van der Waals surface area (Å²) in [5, 5.41) is 21.3. The number of nitro benzene ring substituents is 1. The number of fused-ring (bicyclic) bond motifs is 1. The Morgan fingerprint density at radius 1 is 1.24 bits per heavy atom. The van der Waals surface area contributed by atoms with E-state index in [4.69, 9.17) is 5.10 Å². The zero-order valence-corrected chi connectivity index (χ0v) is 14.5. The minimum Gasteiger partial charge on any atom is -0.370 e. The van der Waals surface area contributed by atoms with Crippen molar-refractivity contribution in [1.82, 2.24) is 9.78 Å². The van der Waals surface area contributed by atoms with Gasteiger partial charge in [0, 0.05) is 35.5 Å². The number of hydrogen-bond donors (Lipinski definition) is 1. The van der Waals surface area contributed by atoms with Gasteiger partial charge in [0.1, 0.15) is 5.82 Å². The van der Waals surface area contributed by atoms with Crippen LogP contribution in [0.1, 0.15) is 29.0 Å². The van der Waals surface area contributed by atoms with Crippen molar-refractivity contribution >= 4 is 22.8 Å². The summed E-state index contributed by atoms with van der Waals surface area (Å²) in [6.45, 7) is 0.921. The Hall–Kier alpha value is -2.67. The second-order valence-electron chi connectivity index (χ2n) is 6.10. The number of benzene rings is 1. The Balaban J connectivity index is 1.76. The van der Waals surface area contributed by atoms with E-state index in [1.54, 1.807) is 23.5 Å². The van der Waals surface area contributed by atoms with E-state index in [1.165, 1.54) is 22.6 Å². The number of aromatic nitrogens is 2. The van der Waals surface area contributed by atoms with Crippen LogP contribution in [0.3, 0.4) is 0 Å². The van der Waals surface area contributed by atoms with Crippen molar-refractivity contribution in [2.75, 3.05) is 11.9 Å². The Morgan fingerprint density at radius 3 is 2.80 bits per heavy atom. The molecule has 0 amide bonds. The molecule has 3 heterocycles. The maximum Gasteiger partial charge on any atom is 0.269 e. The van der Waals surface area contributed by atoms with E-state index in [0.29, 0.717) is 0 Å². The number of nitrogens with one attached hydrogen (secondary N) is 1. The molecule has 0 spiro atoms. The van der Waals surface area contributed by atoms with Gasteiger partial charge in [-0.3, -0.25) is 10.1 Å². The predicted octanol–water partition coefficient (Wildman–Crippen LogP) is 4.18. The van der Waals surface area contributed by atoms with Crippen LogP contribution in [-0.4, -0.2) is 21.2 Å². The number of rotatable bonds is 4. The van der Waals surface area contributed by atoms with Crippen LogP contribution in [0.4, 0.5) is 11.5 Å². The Bertz CT molecular complexity index is 885. The minimum atomic E-state index is -0.381. The lowest BCUT2D eigenvalue weighted by Gasteiger charge is -2.09. The molecular weight excluding hydrogens is 336 g/mol. The van der Waals surface area contributed by atoms with Crippen molar-refractivity contribution < 1.29 is 4.92 Å². The summed E-state index contributed by atoms with van der Waals surface area (Å²) in [7, 11) is 0. The molecule has 0 atom stereocenters. The van der Waals surface area contributed by atoms with Gasteiger partial charge in [0.15, 0.2) is 0 Å². The number of hydrogen-bond acceptors (Lipinski definition) is 5. The molecule has 0 unspecified atom stereocenters. The Labute approximate surface area is 149 Å². The number of nitrogens with zero attached hydrogens (tertiary/aromatic N) is 3. The standard InChI is InChI=1S/C18H18N4O2S/c23-22(24)14-8-6-13(7-9-14)21-18-16(5-1-2-10-19-18)17(20-21)12-15-4-3-11-25-15/h3-4,6-9,11,19H,1-2,5,10,12H2. The predicted molar refractivity (Wildman–Crippen MR) is 98.8 cm³/mol. The van der Waals surface area contributed by atoms with Gasteiger partial charge >= 0.3 is 0 Å². The van der Waals surface area contributed by atoms with Crippen LogP contribution < -0.4 is 5.32 Å². The average Bonchev–Trinajstić information content (AvgIpc) is 3.17. The van der Waals surface area contributed by atoms with Crippen LogP contribution in [0.25, 0.3) is 5.69 Å². The van der Waals surface area contributed by atoms with Gasteiger partial charge in [-0.15, -0.1) is 11.3 Å². The third-order valence-electron chi connectivity index (χ3n) is 4.44. The largest absolute Gasteiger partial charge is 0.370 e. The maximum absolute atomic E-state index is 10.9. The van der Waals surface area contributed by atoms with E-state index < -0.39 is 0 Å². The molecule has 1 N–H and O–H groups in total. The normalized spacial score (nSPS) is 13.8. The first-order valence-corrected chi connectivity index (χ1v) is 9.22. The van der Waals surface area contributed by atoms with Gasteiger partial charge < -0.3 is 5.32 Å². The van der Waals surface area contributed by atoms with Gasteiger partial charge in [-0.1, -0.05) is 6.07 Å². The number of non-ortho nitro benzene ring substituents is 1. The fourth-order valence-electron chi connectivity index (χ4n) is 3.20. The summed E-state index contributed by atoms with van der Waals surface area (Å²) < 4.78 is 1.90. The van der Waals surface area contributed by atoms with Gasteiger partial charge in [0.05, 0.1) is 16.3 Å².